The monoisotopic (exact) mass is 363 g/mol. The number of hydrogen-bond donors (Lipinski definition) is 2. The van der Waals surface area contributed by atoms with Crippen molar-refractivity contribution in [3.63, 3.8) is 0 Å². The minimum absolute atomic E-state index is 0.0930. The summed E-state index contributed by atoms with van der Waals surface area (Å²) in [5.41, 5.74) is 7.63. The number of hydrazine groups is 1. The lowest BCUT2D eigenvalue weighted by Crippen LogP contribution is -2.44. The van der Waals surface area contributed by atoms with Crippen molar-refractivity contribution in [2.24, 2.45) is 0 Å². The molecule has 1 aromatic carbocycles. The van der Waals surface area contributed by atoms with Gasteiger partial charge in [-0.3, -0.25) is 25.2 Å². The van der Waals surface area contributed by atoms with E-state index in [1.54, 1.807) is 11.4 Å². The second kappa shape index (κ2) is 8.48. The van der Waals surface area contributed by atoms with Gasteiger partial charge in [-0.25, -0.2) is 0 Å². The highest BCUT2D eigenvalue weighted by Gasteiger charge is 2.08. The second-order valence-electron chi connectivity index (χ2n) is 5.68. The molecule has 134 valence electrons. The molecule has 0 aliphatic heterocycles. The maximum absolute atomic E-state index is 11.7. The van der Waals surface area contributed by atoms with Crippen molar-refractivity contribution in [3.8, 4) is 5.75 Å². The lowest BCUT2D eigenvalue weighted by atomic mass is 10.1. The molecule has 0 radical (unpaired) electrons. The third kappa shape index (κ3) is 5.46. The molecule has 0 aliphatic rings. The van der Waals surface area contributed by atoms with Gasteiger partial charge in [-0.1, -0.05) is 17.4 Å². The summed E-state index contributed by atoms with van der Waals surface area (Å²) < 4.78 is 6.90. The molecule has 2 aromatic rings. The molecule has 0 fully saturated rings. The number of nitrogens with zero attached hydrogens (tertiary/aromatic N) is 1. The van der Waals surface area contributed by atoms with Gasteiger partial charge >= 0.3 is 4.87 Å². The number of ether oxygens (including phenoxy) is 1. The number of nitrogens with one attached hydrogen (secondary N) is 2. The van der Waals surface area contributed by atoms with Gasteiger partial charge in [0.25, 0.3) is 5.91 Å². The van der Waals surface area contributed by atoms with Crippen molar-refractivity contribution >= 4 is 23.2 Å². The Morgan fingerprint density at radius 2 is 1.84 bits per heavy atom. The summed E-state index contributed by atoms with van der Waals surface area (Å²) in [5, 5.41) is 1.74. The van der Waals surface area contributed by atoms with Crippen LogP contribution in [0.4, 0.5) is 0 Å². The van der Waals surface area contributed by atoms with E-state index in [4.69, 9.17) is 4.74 Å². The molecule has 0 saturated carbocycles. The first kappa shape index (κ1) is 18.7. The van der Waals surface area contributed by atoms with Gasteiger partial charge < -0.3 is 9.30 Å². The Morgan fingerprint density at radius 1 is 1.12 bits per heavy atom. The smallest absolute Gasteiger partial charge is 0.307 e. The predicted octanol–water partition coefficient (Wildman–Crippen LogP) is 1.45. The molecule has 0 atom stereocenters. The first-order valence-electron chi connectivity index (χ1n) is 7.79. The van der Waals surface area contributed by atoms with Crippen LogP contribution >= 0.6 is 11.3 Å². The van der Waals surface area contributed by atoms with E-state index in [1.165, 1.54) is 4.57 Å². The van der Waals surface area contributed by atoms with Crippen LogP contribution in [0.3, 0.4) is 0 Å². The molecule has 0 saturated heterocycles. The highest BCUT2D eigenvalue weighted by molar-refractivity contribution is 7.07. The molecule has 8 heteroatoms. The van der Waals surface area contributed by atoms with Crippen molar-refractivity contribution in [1.29, 1.82) is 0 Å². The highest BCUT2D eigenvalue weighted by Crippen LogP contribution is 2.16. The van der Waals surface area contributed by atoms with Crippen molar-refractivity contribution < 1.29 is 14.3 Å². The molecular formula is C17H21N3O4S. The Kier molecular flexibility index (Phi) is 6.35. The lowest BCUT2D eigenvalue weighted by molar-refractivity contribution is -0.130. The van der Waals surface area contributed by atoms with E-state index < -0.39 is 5.91 Å². The topological polar surface area (TPSA) is 89.4 Å². The van der Waals surface area contributed by atoms with E-state index >= 15 is 0 Å². The summed E-state index contributed by atoms with van der Waals surface area (Å²) in [6.45, 7) is 5.83. The lowest BCUT2D eigenvalue weighted by Gasteiger charge is -2.10. The molecule has 7 nitrogen and oxygen atoms in total. The van der Waals surface area contributed by atoms with Crippen molar-refractivity contribution in [2.75, 3.05) is 6.61 Å². The number of hydrogen-bond acceptors (Lipinski definition) is 5. The van der Waals surface area contributed by atoms with Crippen LogP contribution < -0.4 is 20.5 Å². The second-order valence-corrected chi connectivity index (χ2v) is 6.50. The summed E-state index contributed by atoms with van der Waals surface area (Å²) in [7, 11) is 0. The van der Waals surface area contributed by atoms with Gasteiger partial charge in [0.05, 0.1) is 0 Å². The number of thiazole rings is 1. The van der Waals surface area contributed by atoms with Crippen LogP contribution in [-0.2, 0) is 16.1 Å². The molecule has 0 aliphatic carbocycles. The molecule has 1 aromatic heterocycles. The van der Waals surface area contributed by atoms with Crippen LogP contribution in [0.2, 0.25) is 0 Å². The molecule has 0 bridgehead atoms. The third-order valence-electron chi connectivity index (χ3n) is 3.73. The third-order valence-corrected chi connectivity index (χ3v) is 4.61. The summed E-state index contributed by atoms with van der Waals surface area (Å²) >= 11 is 1.10. The van der Waals surface area contributed by atoms with Crippen LogP contribution in [0.25, 0.3) is 0 Å². The van der Waals surface area contributed by atoms with Gasteiger partial charge in [0.15, 0.2) is 6.61 Å². The number of aryl methyl sites for hydroxylation is 3. The summed E-state index contributed by atoms with van der Waals surface area (Å²) in [6, 6.07) is 5.55. The van der Waals surface area contributed by atoms with Crippen LogP contribution in [0.1, 0.15) is 23.2 Å². The predicted molar refractivity (Wildman–Crippen MR) is 95.6 cm³/mol. The Morgan fingerprint density at radius 3 is 2.48 bits per heavy atom. The number of carbonyl (C=O) groups excluding carboxylic acids is 2. The SMILES string of the molecule is Cc1ccc(OCC(=O)NNC(=O)CCn2c(C)csc2=O)cc1C. The highest BCUT2D eigenvalue weighted by atomic mass is 32.1. The summed E-state index contributed by atoms with van der Waals surface area (Å²) in [5.74, 6) is -0.246. The molecule has 1 heterocycles. The minimum Gasteiger partial charge on any atom is -0.484 e. The zero-order chi connectivity index (χ0) is 18.4. The number of carbonyl (C=O) groups is 2. The van der Waals surface area contributed by atoms with E-state index in [-0.39, 0.29) is 30.4 Å². The maximum Gasteiger partial charge on any atom is 0.307 e. The molecule has 2 rings (SSSR count). The van der Waals surface area contributed by atoms with Gasteiger partial charge in [0.2, 0.25) is 5.91 Å². The fourth-order valence-electron chi connectivity index (χ4n) is 2.08. The van der Waals surface area contributed by atoms with Crippen LogP contribution in [0, 0.1) is 20.8 Å². The zero-order valence-corrected chi connectivity index (χ0v) is 15.2. The van der Waals surface area contributed by atoms with E-state index in [2.05, 4.69) is 10.9 Å². The quantitative estimate of drug-likeness (QED) is 0.760. The van der Waals surface area contributed by atoms with Gasteiger partial charge in [-0.2, -0.15) is 0 Å². The Bertz CT molecular complexity index is 826. The largest absolute Gasteiger partial charge is 0.484 e. The Balaban J connectivity index is 1.71. The van der Waals surface area contributed by atoms with Gasteiger partial charge in [-0.05, 0) is 44.0 Å². The van der Waals surface area contributed by atoms with E-state index in [1.807, 2.05) is 32.9 Å². The standard InChI is InChI=1S/C17H21N3O4S/c1-11-4-5-14(8-12(11)2)24-9-16(22)19-18-15(21)6-7-20-13(3)10-25-17(20)23/h4-5,8,10H,6-7,9H2,1-3H3,(H,18,21)(H,19,22). The van der Waals surface area contributed by atoms with Crippen LogP contribution in [0.15, 0.2) is 28.4 Å². The van der Waals surface area contributed by atoms with E-state index in [9.17, 15) is 14.4 Å². The fourth-order valence-corrected chi connectivity index (χ4v) is 2.84. The van der Waals surface area contributed by atoms with Crippen molar-refractivity contribution in [3.05, 3.63) is 50.1 Å². The maximum atomic E-state index is 11.7. The molecule has 25 heavy (non-hydrogen) atoms. The number of benzene rings is 1. The summed E-state index contributed by atoms with van der Waals surface area (Å²) in [4.78, 5) is 34.9. The van der Waals surface area contributed by atoms with Crippen molar-refractivity contribution in [1.82, 2.24) is 15.4 Å². The first-order valence-corrected chi connectivity index (χ1v) is 8.67. The van der Waals surface area contributed by atoms with E-state index in [0.717, 1.165) is 28.2 Å². The molecule has 0 spiro atoms. The van der Waals surface area contributed by atoms with Gasteiger partial charge in [0.1, 0.15) is 5.75 Å². The molecule has 2 N–H and O–H groups in total. The summed E-state index contributed by atoms with van der Waals surface area (Å²) in [6.07, 6.45) is 0.0930. The first-order chi connectivity index (χ1) is 11.9. The average Bonchev–Trinajstić information content (AvgIpc) is 2.90. The van der Waals surface area contributed by atoms with Crippen LogP contribution in [0.5, 0.6) is 5.75 Å². The average molecular weight is 363 g/mol. The number of aromatic nitrogens is 1. The zero-order valence-electron chi connectivity index (χ0n) is 14.4. The molecule has 0 unspecified atom stereocenters. The molecule has 2 amide bonds. The molecular weight excluding hydrogens is 342 g/mol. The minimum atomic E-state index is -0.463. The van der Waals surface area contributed by atoms with Crippen LogP contribution in [-0.4, -0.2) is 23.0 Å². The number of amides is 2. The van der Waals surface area contributed by atoms with Crippen molar-refractivity contribution in [2.45, 2.75) is 33.7 Å². The van der Waals surface area contributed by atoms with E-state index in [0.29, 0.717) is 5.75 Å². The normalized spacial score (nSPS) is 10.4. The Labute approximate surface area is 149 Å². The van der Waals surface area contributed by atoms with Gasteiger partial charge in [-0.15, -0.1) is 0 Å². The fraction of sp³-hybridized carbons (Fsp3) is 0.353. The Hall–Kier alpha value is -2.61. The van der Waals surface area contributed by atoms with Gasteiger partial charge in [0, 0.05) is 24.0 Å². The number of rotatable bonds is 6.